The number of aromatic nitrogens is 2. The molecule has 0 aliphatic carbocycles. The van der Waals surface area contributed by atoms with Crippen LogP contribution < -0.4 is 0 Å². The normalized spacial score (nSPS) is 22.8. The molecule has 90 valence electrons. The summed E-state index contributed by atoms with van der Waals surface area (Å²) in [6.45, 7) is 0.550. The van der Waals surface area contributed by atoms with Crippen molar-refractivity contribution in [3.05, 3.63) is 12.4 Å². The van der Waals surface area contributed by atoms with Crippen LogP contribution in [0.25, 0.3) is 0 Å². The van der Waals surface area contributed by atoms with Gasteiger partial charge in [0.05, 0.1) is 6.20 Å². The molecule has 0 saturated carbocycles. The molecule has 0 bridgehead atoms. The summed E-state index contributed by atoms with van der Waals surface area (Å²) in [5.41, 5.74) is 0. The van der Waals surface area contributed by atoms with Gasteiger partial charge in [-0.3, -0.25) is 4.68 Å². The molecule has 1 unspecified atom stereocenters. The molecule has 1 saturated heterocycles. The van der Waals surface area contributed by atoms with Gasteiger partial charge in [0, 0.05) is 31.7 Å². The molecule has 2 rings (SSSR count). The van der Waals surface area contributed by atoms with Gasteiger partial charge in [-0.1, -0.05) is 0 Å². The average molecular weight is 264 g/mol. The molecule has 0 amide bonds. The van der Waals surface area contributed by atoms with E-state index in [1.165, 1.54) is 21.4 Å². The van der Waals surface area contributed by atoms with Gasteiger partial charge in [0.2, 0.25) is 10.0 Å². The predicted molar refractivity (Wildman–Crippen MR) is 60.8 cm³/mol. The Labute approximate surface area is 100 Å². The summed E-state index contributed by atoms with van der Waals surface area (Å²) in [6.07, 6.45) is 4.60. The number of aryl methyl sites for hydroxylation is 1. The van der Waals surface area contributed by atoms with E-state index < -0.39 is 10.0 Å². The van der Waals surface area contributed by atoms with E-state index in [1.54, 1.807) is 7.05 Å². The first-order chi connectivity index (χ1) is 7.55. The van der Waals surface area contributed by atoms with Gasteiger partial charge in [0.15, 0.2) is 0 Å². The van der Waals surface area contributed by atoms with Crippen LogP contribution in [0.5, 0.6) is 0 Å². The van der Waals surface area contributed by atoms with Gasteiger partial charge in [-0.05, 0) is 12.8 Å². The van der Waals surface area contributed by atoms with Crippen molar-refractivity contribution in [2.45, 2.75) is 23.8 Å². The number of halogens is 1. The number of rotatable bonds is 3. The van der Waals surface area contributed by atoms with Gasteiger partial charge in [-0.2, -0.15) is 9.40 Å². The highest BCUT2D eigenvalue weighted by molar-refractivity contribution is 7.89. The van der Waals surface area contributed by atoms with E-state index in [4.69, 9.17) is 11.6 Å². The Hall–Kier alpha value is -0.590. The molecule has 0 spiro atoms. The third kappa shape index (κ3) is 1.97. The largest absolute Gasteiger partial charge is 0.274 e. The summed E-state index contributed by atoms with van der Waals surface area (Å²) in [6, 6.07) is -0.0770. The third-order valence-electron chi connectivity index (χ3n) is 2.79. The first kappa shape index (κ1) is 11.9. The van der Waals surface area contributed by atoms with Crippen molar-refractivity contribution in [2.75, 3.05) is 12.4 Å². The summed E-state index contributed by atoms with van der Waals surface area (Å²) in [5, 5.41) is 3.88. The summed E-state index contributed by atoms with van der Waals surface area (Å²) in [4.78, 5) is 0.243. The molecule has 0 N–H and O–H groups in total. The molecule has 2 heterocycles. The first-order valence-corrected chi connectivity index (χ1v) is 7.09. The van der Waals surface area contributed by atoms with Gasteiger partial charge < -0.3 is 0 Å². The predicted octanol–water partition coefficient (Wildman–Crippen LogP) is 0.812. The van der Waals surface area contributed by atoms with Crippen molar-refractivity contribution in [3.8, 4) is 0 Å². The Balaban J connectivity index is 2.32. The molecule has 16 heavy (non-hydrogen) atoms. The fraction of sp³-hybridized carbons (Fsp3) is 0.667. The highest BCUT2D eigenvalue weighted by atomic mass is 35.5. The zero-order chi connectivity index (χ0) is 11.8. The van der Waals surface area contributed by atoms with E-state index in [0.29, 0.717) is 12.4 Å². The average Bonchev–Trinajstić information content (AvgIpc) is 2.85. The van der Waals surface area contributed by atoms with Crippen molar-refractivity contribution in [3.63, 3.8) is 0 Å². The SMILES string of the molecule is Cn1cc(S(=O)(=O)N2CCCC2CCl)cn1. The lowest BCUT2D eigenvalue weighted by atomic mass is 10.3. The van der Waals surface area contributed by atoms with Gasteiger partial charge >= 0.3 is 0 Å². The molecule has 1 aliphatic heterocycles. The molecule has 0 radical (unpaired) electrons. The standard InChI is InChI=1S/C9H14ClN3O2S/c1-12-7-9(6-11-12)16(14,15)13-4-2-3-8(13)5-10/h6-8H,2-5H2,1H3. The molecule has 1 aliphatic rings. The lowest BCUT2D eigenvalue weighted by Gasteiger charge is -2.21. The second-order valence-corrected chi connectivity index (χ2v) is 6.11. The Morgan fingerprint density at radius 1 is 1.62 bits per heavy atom. The summed E-state index contributed by atoms with van der Waals surface area (Å²) in [7, 11) is -1.72. The molecule has 1 atom stereocenters. The second kappa shape index (κ2) is 4.35. The Morgan fingerprint density at radius 3 is 2.94 bits per heavy atom. The minimum absolute atomic E-state index is 0.0770. The van der Waals surface area contributed by atoms with Crippen LogP contribution in [-0.4, -0.2) is 41.0 Å². The summed E-state index contributed by atoms with van der Waals surface area (Å²) >= 11 is 5.77. The molecule has 5 nitrogen and oxygen atoms in total. The van der Waals surface area contributed by atoms with E-state index in [9.17, 15) is 8.42 Å². The highest BCUT2D eigenvalue weighted by Gasteiger charge is 2.35. The Bertz CT molecular complexity index is 471. The summed E-state index contributed by atoms with van der Waals surface area (Å²) < 4.78 is 27.4. The number of hydrogen-bond donors (Lipinski definition) is 0. The van der Waals surface area contributed by atoms with E-state index >= 15 is 0 Å². The molecular formula is C9H14ClN3O2S. The van der Waals surface area contributed by atoms with Crippen LogP contribution in [0.3, 0.4) is 0 Å². The van der Waals surface area contributed by atoms with E-state index in [1.807, 2.05) is 0 Å². The van der Waals surface area contributed by atoms with E-state index in [2.05, 4.69) is 5.10 Å². The van der Waals surface area contributed by atoms with Crippen LogP contribution in [0.2, 0.25) is 0 Å². The topological polar surface area (TPSA) is 55.2 Å². The van der Waals surface area contributed by atoms with Crippen LogP contribution in [0.4, 0.5) is 0 Å². The van der Waals surface area contributed by atoms with Crippen LogP contribution in [-0.2, 0) is 17.1 Å². The zero-order valence-electron chi connectivity index (χ0n) is 9.00. The van der Waals surface area contributed by atoms with Crippen molar-refractivity contribution < 1.29 is 8.42 Å². The van der Waals surface area contributed by atoms with Crippen LogP contribution >= 0.6 is 11.6 Å². The number of hydrogen-bond acceptors (Lipinski definition) is 3. The van der Waals surface area contributed by atoms with Gasteiger partial charge in [0.1, 0.15) is 4.90 Å². The zero-order valence-corrected chi connectivity index (χ0v) is 10.6. The van der Waals surface area contributed by atoms with Crippen LogP contribution in [0, 0.1) is 0 Å². The smallest absolute Gasteiger partial charge is 0.246 e. The lowest BCUT2D eigenvalue weighted by Crippen LogP contribution is -2.36. The van der Waals surface area contributed by atoms with Gasteiger partial charge in [-0.25, -0.2) is 8.42 Å². The van der Waals surface area contributed by atoms with Crippen LogP contribution in [0.1, 0.15) is 12.8 Å². The van der Waals surface area contributed by atoms with Crippen molar-refractivity contribution in [1.82, 2.24) is 14.1 Å². The number of sulfonamides is 1. The maximum absolute atomic E-state index is 12.2. The van der Waals surface area contributed by atoms with Gasteiger partial charge in [0.25, 0.3) is 0 Å². The third-order valence-corrected chi connectivity index (χ3v) is 5.05. The van der Waals surface area contributed by atoms with Crippen molar-refractivity contribution in [2.24, 2.45) is 7.05 Å². The van der Waals surface area contributed by atoms with Gasteiger partial charge in [-0.15, -0.1) is 11.6 Å². The Kier molecular flexibility index (Phi) is 3.23. The van der Waals surface area contributed by atoms with Crippen LogP contribution in [0.15, 0.2) is 17.3 Å². The Morgan fingerprint density at radius 2 is 2.38 bits per heavy atom. The molecule has 0 aromatic carbocycles. The van der Waals surface area contributed by atoms with E-state index in [-0.39, 0.29) is 10.9 Å². The highest BCUT2D eigenvalue weighted by Crippen LogP contribution is 2.26. The molecular weight excluding hydrogens is 250 g/mol. The summed E-state index contributed by atoms with van der Waals surface area (Å²) in [5.74, 6) is 0.347. The molecule has 1 fully saturated rings. The van der Waals surface area contributed by atoms with Crippen molar-refractivity contribution in [1.29, 1.82) is 0 Å². The lowest BCUT2D eigenvalue weighted by molar-refractivity contribution is 0.411. The van der Waals surface area contributed by atoms with Crippen molar-refractivity contribution >= 4 is 21.6 Å². The first-order valence-electron chi connectivity index (χ1n) is 5.12. The maximum Gasteiger partial charge on any atom is 0.246 e. The number of alkyl halides is 1. The van der Waals surface area contributed by atoms with E-state index in [0.717, 1.165) is 12.8 Å². The number of nitrogens with zero attached hydrogens (tertiary/aromatic N) is 3. The fourth-order valence-electron chi connectivity index (χ4n) is 1.95. The fourth-order valence-corrected chi connectivity index (χ4v) is 4.03. The maximum atomic E-state index is 12.2. The second-order valence-electron chi connectivity index (χ2n) is 3.92. The quantitative estimate of drug-likeness (QED) is 0.759. The molecule has 1 aromatic rings. The minimum Gasteiger partial charge on any atom is -0.274 e. The molecule has 1 aromatic heterocycles. The molecule has 7 heteroatoms. The monoisotopic (exact) mass is 263 g/mol. The minimum atomic E-state index is -3.41.